The van der Waals surface area contributed by atoms with Crippen LogP contribution in [0.4, 0.5) is 5.69 Å². The molecule has 0 aliphatic heterocycles. The molecule has 0 fully saturated rings. The third kappa shape index (κ3) is 2.47. The Labute approximate surface area is 92.1 Å². The first-order valence-electron chi connectivity index (χ1n) is 4.61. The van der Waals surface area contributed by atoms with Gasteiger partial charge in [0.15, 0.2) is 0 Å². The van der Waals surface area contributed by atoms with Crippen molar-refractivity contribution in [3.05, 3.63) is 48.8 Å². The van der Waals surface area contributed by atoms with Gasteiger partial charge in [-0.2, -0.15) is 0 Å². The van der Waals surface area contributed by atoms with Crippen molar-refractivity contribution in [3.63, 3.8) is 0 Å². The number of pyridine rings is 1. The molecule has 0 atom stereocenters. The minimum atomic E-state index is 0.0411. The van der Waals surface area contributed by atoms with E-state index in [1.54, 1.807) is 42.7 Å². The lowest BCUT2D eigenvalue weighted by Gasteiger charge is -2.10. The van der Waals surface area contributed by atoms with Crippen molar-refractivity contribution in [1.29, 1.82) is 0 Å². The highest BCUT2D eigenvalue weighted by atomic mass is 16.8. The number of anilines is 1. The van der Waals surface area contributed by atoms with Crippen molar-refractivity contribution < 1.29 is 15.2 Å². The molecule has 2 aromatic rings. The minimum Gasteiger partial charge on any atom is -0.457 e. The highest BCUT2D eigenvalue weighted by Gasteiger charge is 2.01. The lowest BCUT2D eigenvalue weighted by molar-refractivity contribution is 0.0290. The molecular weight excluding hydrogens is 208 g/mol. The van der Waals surface area contributed by atoms with Crippen molar-refractivity contribution >= 4 is 5.69 Å². The third-order valence-electron chi connectivity index (χ3n) is 1.93. The van der Waals surface area contributed by atoms with Gasteiger partial charge >= 0.3 is 0 Å². The molecular formula is C11H10N2O3. The Hall–Kier alpha value is -2.11. The van der Waals surface area contributed by atoms with Crippen LogP contribution in [-0.4, -0.2) is 15.4 Å². The van der Waals surface area contributed by atoms with Gasteiger partial charge in [0.2, 0.25) is 0 Å². The summed E-state index contributed by atoms with van der Waals surface area (Å²) < 4.78 is 5.48. The smallest absolute Gasteiger partial charge is 0.130 e. The van der Waals surface area contributed by atoms with E-state index in [1.165, 1.54) is 6.07 Å². The standard InChI is InChI=1S/C11H10N2O3/c14-13(15)9-2-1-3-11(8-9)16-10-4-6-12-7-5-10/h1-8,14-15H. The quantitative estimate of drug-likeness (QED) is 0.774. The first kappa shape index (κ1) is 10.4. The first-order valence-corrected chi connectivity index (χ1v) is 4.61. The molecule has 0 amide bonds. The summed E-state index contributed by atoms with van der Waals surface area (Å²) in [7, 11) is 0. The molecule has 1 aromatic heterocycles. The van der Waals surface area contributed by atoms with Crippen LogP contribution in [0.2, 0.25) is 0 Å². The predicted octanol–water partition coefficient (Wildman–Crippen LogP) is 2.46. The third-order valence-corrected chi connectivity index (χ3v) is 1.93. The molecule has 1 heterocycles. The van der Waals surface area contributed by atoms with Crippen molar-refractivity contribution in [2.45, 2.75) is 0 Å². The molecule has 2 rings (SSSR count). The molecule has 0 radical (unpaired) electrons. The van der Waals surface area contributed by atoms with Gasteiger partial charge in [0, 0.05) is 18.5 Å². The summed E-state index contributed by atoms with van der Waals surface area (Å²) in [4.78, 5) is 3.86. The number of hydrogen-bond acceptors (Lipinski definition) is 5. The van der Waals surface area contributed by atoms with Crippen LogP contribution in [0.5, 0.6) is 11.5 Å². The fraction of sp³-hybridized carbons (Fsp3) is 0. The van der Waals surface area contributed by atoms with Gasteiger partial charge in [-0.1, -0.05) is 6.07 Å². The predicted molar refractivity (Wildman–Crippen MR) is 56.8 cm³/mol. The number of benzene rings is 1. The molecule has 0 saturated heterocycles. The Morgan fingerprint density at radius 2 is 1.75 bits per heavy atom. The molecule has 0 bridgehead atoms. The maximum atomic E-state index is 8.84. The van der Waals surface area contributed by atoms with Gasteiger partial charge in [-0.3, -0.25) is 15.4 Å². The Kier molecular flexibility index (Phi) is 3.00. The first-order chi connectivity index (χ1) is 7.75. The van der Waals surface area contributed by atoms with Gasteiger partial charge in [0.05, 0.1) is 5.69 Å². The Morgan fingerprint density at radius 3 is 2.44 bits per heavy atom. The maximum Gasteiger partial charge on any atom is 0.130 e. The van der Waals surface area contributed by atoms with Crippen molar-refractivity contribution in [2.75, 3.05) is 5.23 Å². The second-order valence-corrected chi connectivity index (χ2v) is 3.07. The molecule has 5 heteroatoms. The molecule has 0 aliphatic rings. The van der Waals surface area contributed by atoms with E-state index in [2.05, 4.69) is 4.98 Å². The number of nitrogens with zero attached hydrogens (tertiary/aromatic N) is 2. The highest BCUT2D eigenvalue weighted by Crippen LogP contribution is 2.24. The summed E-state index contributed by atoms with van der Waals surface area (Å²) in [5.41, 5.74) is 0.228. The van der Waals surface area contributed by atoms with Gasteiger partial charge < -0.3 is 4.74 Å². The van der Waals surface area contributed by atoms with Crippen LogP contribution < -0.4 is 9.96 Å². The molecule has 1 aromatic carbocycles. The molecule has 82 valence electrons. The van der Waals surface area contributed by atoms with E-state index in [1.807, 2.05) is 0 Å². The van der Waals surface area contributed by atoms with Crippen molar-refractivity contribution in [2.24, 2.45) is 0 Å². The van der Waals surface area contributed by atoms with Crippen LogP contribution in [0, 0.1) is 0 Å². The summed E-state index contributed by atoms with van der Waals surface area (Å²) in [5, 5.41) is 17.7. The summed E-state index contributed by atoms with van der Waals surface area (Å²) in [6.07, 6.45) is 3.23. The number of aromatic nitrogens is 1. The monoisotopic (exact) mass is 218 g/mol. The van der Waals surface area contributed by atoms with Crippen molar-refractivity contribution in [1.82, 2.24) is 4.98 Å². The number of rotatable bonds is 3. The number of ether oxygens (including phenoxy) is 1. The van der Waals surface area contributed by atoms with E-state index < -0.39 is 0 Å². The van der Waals surface area contributed by atoms with Crippen LogP contribution >= 0.6 is 0 Å². The van der Waals surface area contributed by atoms with Gasteiger partial charge in [-0.25, -0.2) is 0 Å². The van der Waals surface area contributed by atoms with Gasteiger partial charge in [0.1, 0.15) is 11.5 Å². The van der Waals surface area contributed by atoms with Gasteiger partial charge in [-0.05, 0) is 24.3 Å². The van der Waals surface area contributed by atoms with Gasteiger partial charge in [-0.15, -0.1) is 5.23 Å². The van der Waals surface area contributed by atoms with E-state index in [9.17, 15) is 0 Å². The van der Waals surface area contributed by atoms with E-state index >= 15 is 0 Å². The molecule has 0 aliphatic carbocycles. The molecule has 16 heavy (non-hydrogen) atoms. The van der Waals surface area contributed by atoms with E-state index in [-0.39, 0.29) is 10.9 Å². The van der Waals surface area contributed by atoms with Crippen LogP contribution in [0.25, 0.3) is 0 Å². The molecule has 2 N–H and O–H groups in total. The van der Waals surface area contributed by atoms with Crippen LogP contribution in [-0.2, 0) is 0 Å². The van der Waals surface area contributed by atoms with Crippen LogP contribution in [0.1, 0.15) is 0 Å². The fourth-order valence-corrected chi connectivity index (χ4v) is 1.21. The highest BCUT2D eigenvalue weighted by molar-refractivity contribution is 5.47. The largest absolute Gasteiger partial charge is 0.457 e. The van der Waals surface area contributed by atoms with Gasteiger partial charge in [0.25, 0.3) is 0 Å². The SMILES string of the molecule is ON(O)c1cccc(Oc2ccncc2)c1. The van der Waals surface area contributed by atoms with Crippen molar-refractivity contribution in [3.8, 4) is 11.5 Å². The van der Waals surface area contributed by atoms with Crippen LogP contribution in [0.3, 0.4) is 0 Å². The summed E-state index contributed by atoms with van der Waals surface area (Å²) in [5.74, 6) is 1.14. The van der Waals surface area contributed by atoms with E-state index in [4.69, 9.17) is 15.2 Å². The van der Waals surface area contributed by atoms with E-state index in [0.717, 1.165) is 0 Å². The Morgan fingerprint density at radius 1 is 1.00 bits per heavy atom. The Balaban J connectivity index is 2.19. The fourth-order valence-electron chi connectivity index (χ4n) is 1.21. The summed E-state index contributed by atoms with van der Waals surface area (Å²) >= 11 is 0. The maximum absolute atomic E-state index is 8.84. The normalized spacial score (nSPS) is 9.88. The second-order valence-electron chi connectivity index (χ2n) is 3.07. The topological polar surface area (TPSA) is 65.8 Å². The molecule has 0 unspecified atom stereocenters. The molecule has 5 nitrogen and oxygen atoms in total. The minimum absolute atomic E-state index is 0.0411. The van der Waals surface area contributed by atoms with E-state index in [0.29, 0.717) is 11.5 Å². The average molecular weight is 218 g/mol. The number of hydrogen-bond donors (Lipinski definition) is 2. The molecule has 0 spiro atoms. The summed E-state index contributed by atoms with van der Waals surface area (Å²) in [6, 6.07) is 9.84. The summed E-state index contributed by atoms with van der Waals surface area (Å²) in [6.45, 7) is 0. The lowest BCUT2D eigenvalue weighted by atomic mass is 10.3. The Bertz CT molecular complexity index is 460. The lowest BCUT2D eigenvalue weighted by Crippen LogP contribution is -2.10. The average Bonchev–Trinajstić information content (AvgIpc) is 2.30. The van der Waals surface area contributed by atoms with Crippen LogP contribution in [0.15, 0.2) is 48.8 Å². The molecule has 0 saturated carbocycles. The second kappa shape index (κ2) is 4.61. The zero-order valence-electron chi connectivity index (χ0n) is 8.32. The zero-order valence-corrected chi connectivity index (χ0v) is 8.32. The zero-order chi connectivity index (χ0) is 11.4.